The predicted molar refractivity (Wildman–Crippen MR) is 82.2 cm³/mol. The van der Waals surface area contributed by atoms with Crippen molar-refractivity contribution < 1.29 is 24.2 Å². The van der Waals surface area contributed by atoms with E-state index in [1.807, 2.05) is 6.92 Å². The van der Waals surface area contributed by atoms with E-state index in [0.29, 0.717) is 30.9 Å². The highest BCUT2D eigenvalue weighted by Crippen LogP contribution is 2.18. The van der Waals surface area contributed by atoms with Gasteiger partial charge < -0.3 is 19.9 Å². The third-order valence-corrected chi connectivity index (χ3v) is 3.17. The third-order valence-electron chi connectivity index (χ3n) is 3.17. The molecule has 0 aliphatic carbocycles. The van der Waals surface area contributed by atoms with Crippen LogP contribution in [0, 0.1) is 5.92 Å². The molecule has 6 nitrogen and oxygen atoms in total. The fraction of sp³-hybridized carbons (Fsp3) is 0.500. The smallest absolute Gasteiger partial charge is 0.308 e. The van der Waals surface area contributed by atoms with Crippen LogP contribution in [0.25, 0.3) is 0 Å². The fourth-order valence-electron chi connectivity index (χ4n) is 1.99. The van der Waals surface area contributed by atoms with Crippen molar-refractivity contribution in [2.75, 3.05) is 26.9 Å². The lowest BCUT2D eigenvalue weighted by atomic mass is 10.0. The van der Waals surface area contributed by atoms with Crippen molar-refractivity contribution in [2.45, 2.75) is 19.8 Å². The van der Waals surface area contributed by atoms with Crippen molar-refractivity contribution >= 4 is 11.9 Å². The number of amides is 1. The van der Waals surface area contributed by atoms with Gasteiger partial charge in [0, 0.05) is 13.7 Å². The lowest BCUT2D eigenvalue weighted by Gasteiger charge is -2.14. The summed E-state index contributed by atoms with van der Waals surface area (Å²) in [7, 11) is 1.57. The second-order valence-corrected chi connectivity index (χ2v) is 4.87. The molecule has 0 fully saturated rings. The van der Waals surface area contributed by atoms with Crippen LogP contribution in [-0.2, 0) is 9.53 Å². The first-order valence-electron chi connectivity index (χ1n) is 7.31. The van der Waals surface area contributed by atoms with Crippen molar-refractivity contribution in [3.63, 3.8) is 0 Å². The summed E-state index contributed by atoms with van der Waals surface area (Å²) in [4.78, 5) is 23.3. The minimum atomic E-state index is -0.897. The van der Waals surface area contributed by atoms with Gasteiger partial charge in [-0.2, -0.15) is 0 Å². The molecule has 0 saturated carbocycles. The molecule has 0 radical (unpaired) electrons. The zero-order valence-electron chi connectivity index (χ0n) is 13.0. The number of rotatable bonds is 10. The van der Waals surface area contributed by atoms with Crippen LogP contribution in [-0.4, -0.2) is 43.9 Å². The van der Waals surface area contributed by atoms with E-state index in [0.717, 1.165) is 6.42 Å². The predicted octanol–water partition coefficient (Wildman–Crippen LogP) is 1.94. The van der Waals surface area contributed by atoms with Gasteiger partial charge in [0.2, 0.25) is 0 Å². The topological polar surface area (TPSA) is 84.9 Å². The Kier molecular flexibility index (Phi) is 7.99. The number of hydrogen-bond donors (Lipinski definition) is 2. The average Bonchev–Trinajstić information content (AvgIpc) is 2.51. The summed E-state index contributed by atoms with van der Waals surface area (Å²) in [6, 6.07) is 6.85. The molecule has 22 heavy (non-hydrogen) atoms. The first kappa shape index (κ1) is 18.0. The van der Waals surface area contributed by atoms with Crippen LogP contribution in [0.5, 0.6) is 5.75 Å². The van der Waals surface area contributed by atoms with Gasteiger partial charge in [-0.3, -0.25) is 9.59 Å². The molecule has 1 aromatic carbocycles. The molecule has 122 valence electrons. The van der Waals surface area contributed by atoms with Crippen LogP contribution >= 0.6 is 0 Å². The highest BCUT2D eigenvalue weighted by molar-refractivity contribution is 5.97. The zero-order valence-corrected chi connectivity index (χ0v) is 13.0. The average molecular weight is 309 g/mol. The lowest BCUT2D eigenvalue weighted by Crippen LogP contribution is -2.33. The number of nitrogens with one attached hydrogen (secondary N) is 1. The highest BCUT2D eigenvalue weighted by atomic mass is 16.5. The van der Waals surface area contributed by atoms with E-state index in [2.05, 4.69) is 5.32 Å². The molecule has 1 aromatic rings. The fourth-order valence-corrected chi connectivity index (χ4v) is 1.99. The molecular weight excluding hydrogens is 286 g/mol. The molecule has 1 rings (SSSR count). The molecule has 0 bridgehead atoms. The summed E-state index contributed by atoms with van der Waals surface area (Å²) in [6.07, 6.45) is 1.28. The Morgan fingerprint density at radius 2 is 2.00 bits per heavy atom. The summed E-state index contributed by atoms with van der Waals surface area (Å²) in [5.41, 5.74) is 0.388. The monoisotopic (exact) mass is 309 g/mol. The van der Waals surface area contributed by atoms with Crippen LogP contribution in [0.2, 0.25) is 0 Å². The number of carboxylic acid groups (broad SMARTS) is 1. The molecule has 0 spiro atoms. The maximum atomic E-state index is 12.2. The molecule has 1 unspecified atom stereocenters. The molecule has 0 heterocycles. The van der Waals surface area contributed by atoms with Gasteiger partial charge in [-0.1, -0.05) is 25.5 Å². The Morgan fingerprint density at radius 3 is 2.64 bits per heavy atom. The van der Waals surface area contributed by atoms with Gasteiger partial charge in [0.1, 0.15) is 12.4 Å². The number of carbonyl (C=O) groups excluding carboxylic acids is 1. The maximum Gasteiger partial charge on any atom is 0.308 e. The molecule has 1 atom stereocenters. The van der Waals surface area contributed by atoms with Crippen LogP contribution in [0.3, 0.4) is 0 Å². The second kappa shape index (κ2) is 9.78. The van der Waals surface area contributed by atoms with Crippen LogP contribution in [0.4, 0.5) is 0 Å². The number of ether oxygens (including phenoxy) is 2. The first-order chi connectivity index (χ1) is 10.6. The number of carbonyl (C=O) groups is 2. The molecule has 0 aromatic heterocycles. The molecule has 0 aliphatic heterocycles. The van der Waals surface area contributed by atoms with E-state index in [-0.39, 0.29) is 12.5 Å². The maximum absolute atomic E-state index is 12.2. The molecular formula is C16H23NO5. The van der Waals surface area contributed by atoms with E-state index in [4.69, 9.17) is 14.6 Å². The second-order valence-electron chi connectivity index (χ2n) is 4.87. The summed E-state index contributed by atoms with van der Waals surface area (Å²) in [5.74, 6) is -1.35. The minimum absolute atomic E-state index is 0.106. The van der Waals surface area contributed by atoms with Crippen molar-refractivity contribution in [3.8, 4) is 5.75 Å². The van der Waals surface area contributed by atoms with Crippen molar-refractivity contribution in [1.82, 2.24) is 5.32 Å². The highest BCUT2D eigenvalue weighted by Gasteiger charge is 2.19. The number of aliphatic carboxylic acids is 1. The van der Waals surface area contributed by atoms with Gasteiger partial charge >= 0.3 is 5.97 Å². The Hall–Kier alpha value is -2.08. The van der Waals surface area contributed by atoms with Crippen LogP contribution in [0.15, 0.2) is 24.3 Å². The summed E-state index contributed by atoms with van der Waals surface area (Å²) in [5, 5.41) is 11.8. The Morgan fingerprint density at radius 1 is 1.27 bits per heavy atom. The number of benzene rings is 1. The van der Waals surface area contributed by atoms with Gasteiger partial charge in [0.05, 0.1) is 18.1 Å². The molecule has 0 saturated heterocycles. The van der Waals surface area contributed by atoms with E-state index in [1.54, 1.807) is 31.4 Å². The first-order valence-corrected chi connectivity index (χ1v) is 7.31. The van der Waals surface area contributed by atoms with Gasteiger partial charge in [-0.05, 0) is 18.6 Å². The van der Waals surface area contributed by atoms with Crippen LogP contribution < -0.4 is 10.1 Å². The molecule has 0 aliphatic rings. The molecule has 2 N–H and O–H groups in total. The van der Waals surface area contributed by atoms with E-state index >= 15 is 0 Å². The summed E-state index contributed by atoms with van der Waals surface area (Å²) in [6.45, 7) is 2.78. The number of hydrogen-bond acceptors (Lipinski definition) is 4. The molecule has 6 heteroatoms. The minimum Gasteiger partial charge on any atom is -0.490 e. The molecule has 1 amide bonds. The van der Waals surface area contributed by atoms with Crippen LogP contribution in [0.1, 0.15) is 30.1 Å². The number of carboxylic acids is 1. The quantitative estimate of drug-likeness (QED) is 0.645. The lowest BCUT2D eigenvalue weighted by molar-refractivity contribution is -0.141. The normalized spacial score (nSPS) is 11.7. The van der Waals surface area contributed by atoms with E-state index in [9.17, 15) is 9.59 Å². The van der Waals surface area contributed by atoms with Crippen molar-refractivity contribution in [2.24, 2.45) is 5.92 Å². The summed E-state index contributed by atoms with van der Waals surface area (Å²) >= 11 is 0. The van der Waals surface area contributed by atoms with E-state index < -0.39 is 11.9 Å². The van der Waals surface area contributed by atoms with Gasteiger partial charge in [-0.15, -0.1) is 0 Å². The zero-order chi connectivity index (χ0) is 16.4. The van der Waals surface area contributed by atoms with Gasteiger partial charge in [0.15, 0.2) is 0 Å². The number of methoxy groups -OCH3 is 1. The Labute approximate surface area is 130 Å². The summed E-state index contributed by atoms with van der Waals surface area (Å²) < 4.78 is 10.4. The van der Waals surface area contributed by atoms with Crippen molar-refractivity contribution in [1.29, 1.82) is 0 Å². The largest absolute Gasteiger partial charge is 0.490 e. The number of para-hydroxylation sites is 1. The standard InChI is InChI=1S/C16H23NO5/c1-3-6-12(16(19)20)11-17-15(18)13-7-4-5-8-14(13)22-10-9-21-2/h4-5,7-8,12H,3,6,9-11H2,1-2H3,(H,17,18)(H,19,20). The Bertz CT molecular complexity index is 489. The SMILES string of the molecule is CCCC(CNC(=O)c1ccccc1OCCOC)C(=O)O. The van der Waals surface area contributed by atoms with E-state index in [1.165, 1.54) is 0 Å². The van der Waals surface area contributed by atoms with Crippen molar-refractivity contribution in [3.05, 3.63) is 29.8 Å². The Balaban J connectivity index is 2.66. The third kappa shape index (κ3) is 5.73. The van der Waals surface area contributed by atoms with Gasteiger partial charge in [0.25, 0.3) is 5.91 Å². The van der Waals surface area contributed by atoms with Gasteiger partial charge in [-0.25, -0.2) is 0 Å².